The summed E-state index contributed by atoms with van der Waals surface area (Å²) < 4.78 is 6.70. The van der Waals surface area contributed by atoms with Crippen LogP contribution in [0.3, 0.4) is 0 Å². The molecule has 0 amide bonds. The first-order valence-electron chi connectivity index (χ1n) is 7.63. The summed E-state index contributed by atoms with van der Waals surface area (Å²) >= 11 is 3.59. The first-order chi connectivity index (χ1) is 10.8. The zero-order chi connectivity index (χ0) is 15.1. The highest BCUT2D eigenvalue weighted by Gasteiger charge is 2.38. The molecule has 22 heavy (non-hydrogen) atoms. The summed E-state index contributed by atoms with van der Waals surface area (Å²) in [4.78, 5) is 0. The van der Waals surface area contributed by atoms with E-state index in [-0.39, 0.29) is 0 Å². The maximum atomic E-state index is 5.57. The lowest BCUT2D eigenvalue weighted by molar-refractivity contribution is 0.397. The highest BCUT2D eigenvalue weighted by Crippen LogP contribution is 2.52. The van der Waals surface area contributed by atoms with Gasteiger partial charge in [-0.25, -0.2) is 0 Å². The Labute approximate surface area is 139 Å². The molecule has 1 N–H and O–H groups in total. The van der Waals surface area contributed by atoms with Crippen LogP contribution in [0.2, 0.25) is 0 Å². The number of fused-ring (bicyclic) bond motifs is 3. The smallest absolute Gasteiger partial charge is 0.142 e. The Morgan fingerprint density at radius 1 is 1.18 bits per heavy atom. The number of hydrogen-bond donors (Lipinski definition) is 1. The maximum absolute atomic E-state index is 5.57. The van der Waals surface area contributed by atoms with Crippen molar-refractivity contribution in [3.05, 3.63) is 70.2 Å². The van der Waals surface area contributed by atoms with Crippen LogP contribution < -0.4 is 10.1 Å². The van der Waals surface area contributed by atoms with Gasteiger partial charge < -0.3 is 10.1 Å². The van der Waals surface area contributed by atoms with E-state index in [1.807, 2.05) is 6.07 Å². The van der Waals surface area contributed by atoms with Crippen LogP contribution in [0.5, 0.6) is 5.75 Å². The van der Waals surface area contributed by atoms with E-state index in [0.29, 0.717) is 17.9 Å². The SMILES string of the molecule is COc1cccc2c1NC(c1cccc(Br)c1)C1CC=CC21. The van der Waals surface area contributed by atoms with Crippen LogP contribution in [0.15, 0.2) is 59.1 Å². The monoisotopic (exact) mass is 355 g/mol. The lowest BCUT2D eigenvalue weighted by Gasteiger charge is -2.38. The van der Waals surface area contributed by atoms with Gasteiger partial charge in [-0.2, -0.15) is 0 Å². The van der Waals surface area contributed by atoms with Crippen LogP contribution in [-0.4, -0.2) is 7.11 Å². The number of allylic oxidation sites excluding steroid dienone is 2. The third kappa shape index (κ3) is 2.15. The normalized spacial score (nSPS) is 25.3. The molecule has 2 nitrogen and oxygen atoms in total. The summed E-state index contributed by atoms with van der Waals surface area (Å²) in [6.07, 6.45) is 5.79. The van der Waals surface area contributed by atoms with Gasteiger partial charge in [0.05, 0.1) is 18.8 Å². The molecular weight excluding hydrogens is 338 g/mol. The Balaban J connectivity index is 1.83. The van der Waals surface area contributed by atoms with E-state index in [1.165, 1.54) is 11.1 Å². The Hall–Kier alpha value is -1.74. The lowest BCUT2D eigenvalue weighted by atomic mass is 9.77. The van der Waals surface area contributed by atoms with Gasteiger partial charge in [0.2, 0.25) is 0 Å². The molecule has 2 aromatic carbocycles. The standard InChI is InChI=1S/C19H18BrNO/c1-22-17-10-4-9-16-14-7-3-8-15(14)18(21-19(16)17)12-5-2-6-13(20)11-12/h2-7,9-11,14-15,18,21H,8H2,1H3. The number of halogens is 1. The molecule has 2 aromatic rings. The number of ether oxygens (including phenoxy) is 1. The molecule has 112 valence electrons. The van der Waals surface area contributed by atoms with Crippen LogP contribution in [0.25, 0.3) is 0 Å². The van der Waals surface area contributed by atoms with E-state index in [4.69, 9.17) is 4.74 Å². The molecule has 0 radical (unpaired) electrons. The van der Waals surface area contributed by atoms with Gasteiger partial charge in [0.15, 0.2) is 0 Å². The fraction of sp³-hybridized carbons (Fsp3) is 0.263. The van der Waals surface area contributed by atoms with Crippen molar-refractivity contribution in [2.24, 2.45) is 5.92 Å². The van der Waals surface area contributed by atoms with Gasteiger partial charge in [0, 0.05) is 10.4 Å². The Bertz CT molecular complexity index is 740. The molecule has 2 aliphatic rings. The summed E-state index contributed by atoms with van der Waals surface area (Å²) in [5, 5.41) is 3.75. The van der Waals surface area contributed by atoms with E-state index in [9.17, 15) is 0 Å². The largest absolute Gasteiger partial charge is 0.495 e. The van der Waals surface area contributed by atoms with Gasteiger partial charge in [-0.1, -0.05) is 52.3 Å². The van der Waals surface area contributed by atoms with Crippen molar-refractivity contribution in [1.29, 1.82) is 0 Å². The Kier molecular flexibility index (Phi) is 3.45. The van der Waals surface area contributed by atoms with Crippen molar-refractivity contribution < 1.29 is 4.74 Å². The van der Waals surface area contributed by atoms with Crippen molar-refractivity contribution in [2.45, 2.75) is 18.4 Å². The van der Waals surface area contributed by atoms with E-state index >= 15 is 0 Å². The van der Waals surface area contributed by atoms with Gasteiger partial charge in [0.1, 0.15) is 5.75 Å². The number of anilines is 1. The average molecular weight is 356 g/mol. The third-order valence-electron chi connectivity index (χ3n) is 4.79. The molecular formula is C19H18BrNO. The molecule has 0 bridgehead atoms. The lowest BCUT2D eigenvalue weighted by Crippen LogP contribution is -2.29. The van der Waals surface area contributed by atoms with Crippen molar-refractivity contribution in [3.8, 4) is 5.75 Å². The van der Waals surface area contributed by atoms with Gasteiger partial charge in [-0.15, -0.1) is 0 Å². The van der Waals surface area contributed by atoms with E-state index in [1.54, 1.807) is 7.11 Å². The second kappa shape index (κ2) is 5.47. The van der Waals surface area contributed by atoms with E-state index < -0.39 is 0 Å². The first kappa shape index (κ1) is 13.9. The Morgan fingerprint density at radius 2 is 2.05 bits per heavy atom. The summed E-state index contributed by atoms with van der Waals surface area (Å²) in [6, 6.07) is 15.2. The number of methoxy groups -OCH3 is 1. The average Bonchev–Trinajstić information content (AvgIpc) is 3.03. The first-order valence-corrected chi connectivity index (χ1v) is 8.43. The quantitative estimate of drug-likeness (QED) is 0.739. The van der Waals surface area contributed by atoms with Crippen LogP contribution in [0.4, 0.5) is 5.69 Å². The van der Waals surface area contributed by atoms with Gasteiger partial charge in [-0.05, 0) is 41.7 Å². The van der Waals surface area contributed by atoms with Crippen molar-refractivity contribution in [2.75, 3.05) is 12.4 Å². The number of nitrogens with one attached hydrogen (secondary N) is 1. The Morgan fingerprint density at radius 3 is 2.86 bits per heavy atom. The summed E-state index contributed by atoms with van der Waals surface area (Å²) in [7, 11) is 1.74. The summed E-state index contributed by atoms with van der Waals surface area (Å²) in [5.74, 6) is 1.96. The highest BCUT2D eigenvalue weighted by atomic mass is 79.9. The van der Waals surface area contributed by atoms with Crippen LogP contribution in [0, 0.1) is 5.92 Å². The molecule has 4 rings (SSSR count). The van der Waals surface area contributed by atoms with Crippen molar-refractivity contribution in [1.82, 2.24) is 0 Å². The third-order valence-corrected chi connectivity index (χ3v) is 5.28. The van der Waals surface area contributed by atoms with Crippen molar-refractivity contribution in [3.63, 3.8) is 0 Å². The summed E-state index contributed by atoms with van der Waals surface area (Å²) in [6.45, 7) is 0. The predicted molar refractivity (Wildman–Crippen MR) is 93.5 cm³/mol. The van der Waals surface area contributed by atoms with Crippen LogP contribution in [0.1, 0.15) is 29.5 Å². The van der Waals surface area contributed by atoms with Crippen LogP contribution in [-0.2, 0) is 0 Å². The minimum atomic E-state index is 0.307. The van der Waals surface area contributed by atoms with Gasteiger partial charge >= 0.3 is 0 Å². The van der Waals surface area contributed by atoms with Crippen molar-refractivity contribution >= 4 is 21.6 Å². The maximum Gasteiger partial charge on any atom is 0.142 e. The molecule has 3 atom stereocenters. The number of para-hydroxylation sites is 1. The molecule has 1 aliphatic heterocycles. The minimum Gasteiger partial charge on any atom is -0.495 e. The zero-order valence-corrected chi connectivity index (χ0v) is 14.0. The van der Waals surface area contributed by atoms with Crippen LogP contribution >= 0.6 is 15.9 Å². The second-order valence-electron chi connectivity index (χ2n) is 5.96. The summed E-state index contributed by atoms with van der Waals surface area (Å²) in [5.41, 5.74) is 3.82. The number of hydrogen-bond acceptors (Lipinski definition) is 2. The molecule has 3 unspecified atom stereocenters. The molecule has 0 spiro atoms. The number of benzene rings is 2. The van der Waals surface area contributed by atoms with E-state index in [0.717, 1.165) is 22.3 Å². The molecule has 1 heterocycles. The highest BCUT2D eigenvalue weighted by molar-refractivity contribution is 9.10. The van der Waals surface area contributed by atoms with Gasteiger partial charge in [0.25, 0.3) is 0 Å². The molecule has 0 saturated heterocycles. The molecule has 0 fully saturated rings. The molecule has 0 saturated carbocycles. The fourth-order valence-electron chi connectivity index (χ4n) is 3.79. The van der Waals surface area contributed by atoms with Gasteiger partial charge in [-0.3, -0.25) is 0 Å². The fourth-order valence-corrected chi connectivity index (χ4v) is 4.21. The molecule has 0 aromatic heterocycles. The zero-order valence-electron chi connectivity index (χ0n) is 12.4. The second-order valence-corrected chi connectivity index (χ2v) is 6.87. The molecule has 3 heteroatoms. The topological polar surface area (TPSA) is 21.3 Å². The predicted octanol–water partition coefficient (Wildman–Crippen LogP) is 5.28. The molecule has 1 aliphatic carbocycles. The number of rotatable bonds is 2. The minimum absolute atomic E-state index is 0.307. The van der Waals surface area contributed by atoms with E-state index in [2.05, 4.69) is 69.8 Å².